The van der Waals surface area contributed by atoms with Crippen LogP contribution in [0.15, 0.2) is 35.3 Å². The molecule has 0 spiro atoms. The second kappa shape index (κ2) is 8.10. The van der Waals surface area contributed by atoms with Crippen LogP contribution >= 0.6 is 20.0 Å². The number of aliphatic hydroxyl groups excluding tert-OH is 2. The number of aromatic amines is 1. The molecule has 11 nitrogen and oxygen atoms in total. The Morgan fingerprint density at radius 3 is 2.97 bits per heavy atom. The van der Waals surface area contributed by atoms with Crippen molar-refractivity contribution < 1.29 is 45.0 Å². The number of benzene rings is 1. The maximum atomic E-state index is 15.7. The van der Waals surface area contributed by atoms with Gasteiger partial charge in [0.15, 0.2) is 22.5 Å². The number of halogens is 1. The van der Waals surface area contributed by atoms with Crippen molar-refractivity contribution in [3.63, 3.8) is 0 Å². The number of phosphoric acid groups is 1. The highest BCUT2D eigenvalue weighted by Crippen LogP contribution is 2.57. The first kappa shape index (κ1) is 19.6. The fourth-order valence-corrected chi connectivity index (χ4v) is 4.39. The third kappa shape index (κ3) is 4.05. The maximum Gasteiger partial charge on any atom is 0.530 e. The van der Waals surface area contributed by atoms with Crippen molar-refractivity contribution in [2.75, 3.05) is 13.7 Å². The largest absolute Gasteiger partial charge is 0.530 e. The van der Waals surface area contributed by atoms with Gasteiger partial charge in [-0.1, -0.05) is 12.1 Å². The van der Waals surface area contributed by atoms with Crippen LogP contribution in [0.25, 0.3) is 0 Å². The number of ether oxygens (including phenoxy) is 2. The summed E-state index contributed by atoms with van der Waals surface area (Å²) >= 11 is 4.94. The molecule has 1 aromatic heterocycles. The summed E-state index contributed by atoms with van der Waals surface area (Å²) < 4.78 is 70.6. The van der Waals surface area contributed by atoms with Crippen molar-refractivity contribution in [3.05, 3.63) is 51.2 Å². The monoisotopic (exact) mass is 478 g/mol. The van der Waals surface area contributed by atoms with E-state index in [1.165, 1.54) is 13.2 Å². The van der Waals surface area contributed by atoms with E-state index in [9.17, 15) is 19.6 Å². The highest BCUT2D eigenvalue weighted by molar-refractivity contribution is 7.71. The van der Waals surface area contributed by atoms with E-state index in [-0.39, 0.29) is 22.9 Å². The van der Waals surface area contributed by atoms with Gasteiger partial charge >= 0.3 is 7.82 Å². The van der Waals surface area contributed by atoms with Crippen molar-refractivity contribution in [2.45, 2.75) is 30.9 Å². The minimum atomic E-state index is -4.80. The van der Waals surface area contributed by atoms with Gasteiger partial charge in [0.05, 0.1) is 16.5 Å². The van der Waals surface area contributed by atoms with Gasteiger partial charge < -0.3 is 24.2 Å². The van der Waals surface area contributed by atoms with Crippen LogP contribution in [0.3, 0.4) is 0 Å². The zero-order valence-corrected chi connectivity index (χ0v) is 17.5. The summed E-state index contributed by atoms with van der Waals surface area (Å²) in [6.45, 7) is -4.00. The number of para-hydroxylation sites is 1. The summed E-state index contributed by atoms with van der Waals surface area (Å²) in [5, 5.41) is 20.6. The molecule has 1 fully saturated rings. The van der Waals surface area contributed by atoms with E-state index in [0.29, 0.717) is 5.56 Å². The highest BCUT2D eigenvalue weighted by atomic mass is 32.1. The molecule has 3 heterocycles. The Morgan fingerprint density at radius 1 is 1.48 bits per heavy atom. The Labute approximate surface area is 182 Å². The topological polar surface area (TPSA) is 141 Å². The number of hydrogen-bond donors (Lipinski definition) is 3. The number of aromatic nitrogens is 2. The number of hydrogen-bond acceptors (Lipinski definition) is 10. The highest BCUT2D eigenvalue weighted by Gasteiger charge is 2.57. The lowest BCUT2D eigenvalue weighted by Crippen LogP contribution is -2.43. The van der Waals surface area contributed by atoms with Gasteiger partial charge in [0, 0.05) is 17.8 Å². The lowest BCUT2D eigenvalue weighted by atomic mass is 10.1. The molecule has 5 atom stereocenters. The molecule has 31 heavy (non-hydrogen) atoms. The summed E-state index contributed by atoms with van der Waals surface area (Å²) in [7, 11) is -3.48. The van der Waals surface area contributed by atoms with E-state index in [1.807, 2.05) is 0 Å². The van der Waals surface area contributed by atoms with Gasteiger partial charge in [-0.3, -0.25) is 23.4 Å². The van der Waals surface area contributed by atoms with E-state index in [1.54, 1.807) is 12.1 Å². The Bertz CT molecular complexity index is 1230. The molecule has 1 aromatic carbocycles. The lowest BCUT2D eigenvalue weighted by Gasteiger charge is -2.29. The molecule has 0 amide bonds. The number of nitrogens with one attached hydrogen (secondary N) is 1. The molecule has 2 aromatic rings. The fraction of sp³-hybridized carbons (Fsp3) is 0.412. The zero-order valence-electron chi connectivity index (χ0n) is 17.8. The van der Waals surface area contributed by atoms with Crippen LogP contribution in [-0.2, 0) is 25.0 Å². The first-order chi connectivity index (χ1) is 15.4. The van der Waals surface area contributed by atoms with Crippen LogP contribution in [0, 0.1) is 4.77 Å². The van der Waals surface area contributed by atoms with E-state index >= 15 is 4.39 Å². The molecular weight excluding hydrogens is 458 g/mol. The normalized spacial score (nSPS) is 33.7. The summed E-state index contributed by atoms with van der Waals surface area (Å²) in [4.78, 5) is 13.6. The molecular formula is C17H18FN2O9PS. The molecule has 2 aliphatic rings. The predicted octanol–water partition coefficient (Wildman–Crippen LogP) is 1.56. The van der Waals surface area contributed by atoms with E-state index < -0.39 is 44.2 Å². The molecule has 1 unspecified atom stereocenters. The third-order valence-electron chi connectivity index (χ3n) is 4.57. The lowest BCUT2D eigenvalue weighted by molar-refractivity contribution is -0.205. The number of nitrogens with zero attached hydrogens (tertiary/aromatic N) is 1. The summed E-state index contributed by atoms with van der Waals surface area (Å²) in [6.07, 6.45) is -5.28. The number of alkyl halides is 1. The number of rotatable bonds is 5. The van der Waals surface area contributed by atoms with Crippen molar-refractivity contribution >= 4 is 20.0 Å². The minimum Gasteiger partial charge on any atom is -0.493 e. The van der Waals surface area contributed by atoms with Crippen LogP contribution in [-0.4, -0.2) is 51.5 Å². The van der Waals surface area contributed by atoms with Crippen LogP contribution in [0.1, 0.15) is 14.5 Å². The average Bonchev–Trinajstić information content (AvgIpc) is 2.98. The second-order valence-electron chi connectivity index (χ2n) is 6.56. The summed E-state index contributed by atoms with van der Waals surface area (Å²) in [5.74, 6) is -3.66. The van der Waals surface area contributed by atoms with E-state index in [0.717, 1.165) is 16.8 Å². The fourth-order valence-electron chi connectivity index (χ4n) is 3.01. The van der Waals surface area contributed by atoms with Gasteiger partial charge in [-0.25, -0.2) is 8.96 Å². The van der Waals surface area contributed by atoms with Gasteiger partial charge in [0.2, 0.25) is 0 Å². The first-order valence-electron chi connectivity index (χ1n) is 9.76. The quantitative estimate of drug-likeness (QED) is 0.428. The molecule has 0 bridgehead atoms. The van der Waals surface area contributed by atoms with Crippen LogP contribution in [0.5, 0.6) is 11.5 Å². The number of H-pyrrole nitrogens is 1. The zero-order chi connectivity index (χ0) is 24.2. The predicted molar refractivity (Wildman–Crippen MR) is 104 cm³/mol. The molecule has 0 radical (unpaired) electrons. The Morgan fingerprint density at radius 2 is 2.26 bits per heavy atom. The van der Waals surface area contributed by atoms with Crippen molar-refractivity contribution in [1.82, 2.24) is 9.55 Å². The smallest absolute Gasteiger partial charge is 0.493 e. The van der Waals surface area contributed by atoms with Gasteiger partial charge in [0.25, 0.3) is 11.4 Å². The van der Waals surface area contributed by atoms with Crippen LogP contribution < -0.4 is 14.8 Å². The molecule has 168 valence electrons. The van der Waals surface area contributed by atoms with Crippen molar-refractivity contribution in [2.24, 2.45) is 0 Å². The number of methoxy groups -OCH3 is 1. The summed E-state index contributed by atoms with van der Waals surface area (Å²) in [6, 6.07) is 5.67. The third-order valence-corrected chi connectivity index (χ3v) is 6.05. The van der Waals surface area contributed by atoms with E-state index in [4.69, 9.17) is 38.0 Å². The van der Waals surface area contributed by atoms with Gasteiger partial charge in [-0.15, -0.1) is 0 Å². The first-order valence-corrected chi connectivity index (χ1v) is 10.6. The van der Waals surface area contributed by atoms with Crippen molar-refractivity contribution in [1.29, 1.82) is 0 Å². The molecule has 2 aliphatic heterocycles. The minimum absolute atomic E-state index is 0.0522. The Hall–Kier alpha value is -2.12. The van der Waals surface area contributed by atoms with Gasteiger partial charge in [-0.2, -0.15) is 0 Å². The second-order valence-corrected chi connectivity index (χ2v) is 8.46. The summed E-state index contributed by atoms with van der Waals surface area (Å²) in [5.41, 5.74) is -0.171. The van der Waals surface area contributed by atoms with Gasteiger partial charge in [-0.05, 0) is 18.3 Å². The standard InChI is InChI=1S/C17H18FN2O9PS/c1-25-10-4-2-3-9-7-26-30(24,29-13(9)10)27-8-17(18)14(23)12(22)15(28-17)20-6-5-11(21)19-16(20)31/h2-6,12,14-15,22-23H,7-8H2,1H3,(H,19,21,31)/t12-,14+,15-,17-,30?/m1/s1/i8D2. The van der Waals surface area contributed by atoms with Crippen molar-refractivity contribution in [3.8, 4) is 11.5 Å². The number of aliphatic hydroxyl groups is 2. The molecule has 4 rings (SSSR count). The molecule has 1 saturated heterocycles. The number of fused-ring (bicyclic) bond motifs is 1. The SMILES string of the molecule is [2H]C([2H])(OP1(=O)OCc2cccc(OC)c2O1)[C@@]1(F)O[C@@H](n2ccc(=O)[nH]c2=S)[C@H](O)[C@@H]1O. The molecule has 3 N–H and O–H groups in total. The Balaban J connectivity index is 1.63. The Kier molecular flexibility index (Phi) is 5.11. The van der Waals surface area contributed by atoms with Gasteiger partial charge in [0.1, 0.15) is 18.8 Å². The van der Waals surface area contributed by atoms with Crippen LogP contribution in [0.2, 0.25) is 0 Å². The average molecular weight is 478 g/mol. The van der Waals surface area contributed by atoms with E-state index in [2.05, 4.69) is 4.98 Å². The molecule has 14 heteroatoms. The molecule has 0 saturated carbocycles. The van der Waals surface area contributed by atoms with Crippen LogP contribution in [0.4, 0.5) is 4.39 Å². The molecule has 0 aliphatic carbocycles. The number of phosphoric ester groups is 1. The maximum absolute atomic E-state index is 15.7.